The van der Waals surface area contributed by atoms with Gasteiger partial charge in [-0.25, -0.2) is 4.39 Å². The highest BCUT2D eigenvalue weighted by Gasteiger charge is 2.33. The lowest BCUT2D eigenvalue weighted by Gasteiger charge is -2.08. The number of rotatable bonds is 4. The van der Waals surface area contributed by atoms with Crippen LogP contribution in [0.3, 0.4) is 0 Å². The smallest absolute Gasteiger partial charge is 0.240 e. The summed E-state index contributed by atoms with van der Waals surface area (Å²) >= 11 is 6.93. The molecule has 0 spiro atoms. The second-order valence-corrected chi connectivity index (χ2v) is 6.74. The Balaban J connectivity index is 1.57. The summed E-state index contributed by atoms with van der Waals surface area (Å²) in [6.07, 6.45) is 2.13. The van der Waals surface area contributed by atoms with Crippen LogP contribution in [-0.4, -0.2) is 28.3 Å². The summed E-state index contributed by atoms with van der Waals surface area (Å²) in [6, 6.07) is 4.24. The predicted molar refractivity (Wildman–Crippen MR) is 84.6 cm³/mol. The Morgan fingerprint density at radius 2 is 2.27 bits per heavy atom. The van der Waals surface area contributed by atoms with E-state index in [9.17, 15) is 14.0 Å². The molecule has 8 heteroatoms. The highest BCUT2D eigenvalue weighted by Crippen LogP contribution is 2.29. The number of amidine groups is 1. The van der Waals surface area contributed by atoms with Gasteiger partial charge in [-0.15, -0.1) is 0 Å². The SMILES string of the molecule is O=C(C[C@H]1SC(=NC2CC2)NC1=O)Nc1ccc(F)c(Cl)c1. The van der Waals surface area contributed by atoms with Gasteiger partial charge >= 0.3 is 0 Å². The van der Waals surface area contributed by atoms with E-state index in [1.807, 2.05) is 0 Å². The lowest BCUT2D eigenvalue weighted by atomic mass is 10.2. The number of thioether (sulfide) groups is 1. The molecule has 2 fully saturated rings. The van der Waals surface area contributed by atoms with E-state index in [-0.39, 0.29) is 23.3 Å². The van der Waals surface area contributed by atoms with E-state index < -0.39 is 11.1 Å². The number of hydrogen-bond acceptors (Lipinski definition) is 4. The lowest BCUT2D eigenvalue weighted by Crippen LogP contribution is -2.28. The van der Waals surface area contributed by atoms with Crippen LogP contribution in [0, 0.1) is 5.82 Å². The van der Waals surface area contributed by atoms with Crippen LogP contribution in [0.15, 0.2) is 23.2 Å². The number of hydrogen-bond donors (Lipinski definition) is 2. The van der Waals surface area contributed by atoms with Crippen LogP contribution in [0.4, 0.5) is 10.1 Å². The van der Waals surface area contributed by atoms with Gasteiger partial charge in [0, 0.05) is 12.1 Å². The Labute approximate surface area is 135 Å². The van der Waals surface area contributed by atoms with E-state index in [4.69, 9.17) is 11.6 Å². The van der Waals surface area contributed by atoms with E-state index in [0.717, 1.165) is 12.8 Å². The molecule has 2 amide bonds. The van der Waals surface area contributed by atoms with Crippen molar-refractivity contribution < 1.29 is 14.0 Å². The monoisotopic (exact) mass is 341 g/mol. The maximum absolute atomic E-state index is 13.1. The minimum Gasteiger partial charge on any atom is -0.326 e. The molecular formula is C14H13ClFN3O2S. The fourth-order valence-electron chi connectivity index (χ4n) is 1.92. The number of amides is 2. The number of carbonyl (C=O) groups excluding carboxylic acids is 2. The average molecular weight is 342 g/mol. The molecule has 0 bridgehead atoms. The number of aliphatic imine (C=N–C) groups is 1. The zero-order valence-electron chi connectivity index (χ0n) is 11.4. The van der Waals surface area contributed by atoms with Crippen LogP contribution in [0.2, 0.25) is 5.02 Å². The fraction of sp³-hybridized carbons (Fsp3) is 0.357. The molecule has 1 aliphatic carbocycles. The molecule has 116 valence electrons. The molecule has 1 aromatic carbocycles. The van der Waals surface area contributed by atoms with Gasteiger partial charge in [-0.2, -0.15) is 0 Å². The molecule has 1 saturated heterocycles. The van der Waals surface area contributed by atoms with Crippen molar-refractivity contribution in [3.63, 3.8) is 0 Å². The molecule has 2 N–H and O–H groups in total. The maximum Gasteiger partial charge on any atom is 0.240 e. The molecule has 1 aliphatic heterocycles. The van der Waals surface area contributed by atoms with Gasteiger partial charge in [0.2, 0.25) is 11.8 Å². The third-order valence-electron chi connectivity index (χ3n) is 3.20. The molecule has 5 nitrogen and oxygen atoms in total. The van der Waals surface area contributed by atoms with Gasteiger partial charge < -0.3 is 10.6 Å². The molecule has 0 unspecified atom stereocenters. The van der Waals surface area contributed by atoms with Crippen molar-refractivity contribution in [2.75, 3.05) is 5.32 Å². The van der Waals surface area contributed by atoms with Crippen LogP contribution in [-0.2, 0) is 9.59 Å². The number of nitrogens with zero attached hydrogens (tertiary/aromatic N) is 1. The summed E-state index contributed by atoms with van der Waals surface area (Å²) in [5.41, 5.74) is 0.395. The van der Waals surface area contributed by atoms with Gasteiger partial charge in [-0.3, -0.25) is 14.6 Å². The second-order valence-electron chi connectivity index (χ2n) is 5.14. The maximum atomic E-state index is 13.1. The zero-order chi connectivity index (χ0) is 15.7. The van der Waals surface area contributed by atoms with Gasteiger partial charge in [0.05, 0.1) is 11.1 Å². The molecule has 1 aromatic rings. The quantitative estimate of drug-likeness (QED) is 0.884. The summed E-state index contributed by atoms with van der Waals surface area (Å²) < 4.78 is 13.1. The third kappa shape index (κ3) is 3.78. The summed E-state index contributed by atoms with van der Waals surface area (Å²) in [7, 11) is 0. The summed E-state index contributed by atoms with van der Waals surface area (Å²) in [4.78, 5) is 28.1. The molecule has 3 rings (SSSR count). The van der Waals surface area contributed by atoms with Crippen LogP contribution in [0.5, 0.6) is 0 Å². The average Bonchev–Trinajstić information content (AvgIpc) is 3.19. The number of anilines is 1. The summed E-state index contributed by atoms with van der Waals surface area (Å²) in [5.74, 6) is -1.09. The number of nitrogens with one attached hydrogen (secondary N) is 2. The minimum atomic E-state index is -0.550. The second kappa shape index (κ2) is 6.26. The molecule has 2 aliphatic rings. The van der Waals surface area contributed by atoms with E-state index in [1.54, 1.807) is 0 Å². The largest absolute Gasteiger partial charge is 0.326 e. The first-order valence-electron chi connectivity index (χ1n) is 6.81. The molecule has 1 heterocycles. The minimum absolute atomic E-state index is 0.0230. The number of benzene rings is 1. The van der Waals surface area contributed by atoms with Crippen molar-refractivity contribution in [2.45, 2.75) is 30.6 Å². The van der Waals surface area contributed by atoms with Crippen molar-refractivity contribution >= 4 is 46.0 Å². The third-order valence-corrected chi connectivity index (χ3v) is 4.58. The lowest BCUT2D eigenvalue weighted by molar-refractivity contribution is -0.122. The first-order chi connectivity index (χ1) is 10.5. The molecule has 1 atom stereocenters. The van der Waals surface area contributed by atoms with Gasteiger partial charge in [-0.1, -0.05) is 23.4 Å². The van der Waals surface area contributed by atoms with Crippen molar-refractivity contribution in [1.29, 1.82) is 0 Å². The number of halogens is 2. The predicted octanol–water partition coefficient (Wildman–Crippen LogP) is 2.56. The highest BCUT2D eigenvalue weighted by atomic mass is 35.5. The van der Waals surface area contributed by atoms with Crippen LogP contribution in [0.25, 0.3) is 0 Å². The first-order valence-corrected chi connectivity index (χ1v) is 8.07. The topological polar surface area (TPSA) is 70.6 Å². The Kier molecular flexibility index (Phi) is 4.35. The van der Waals surface area contributed by atoms with Crippen molar-refractivity contribution in [1.82, 2.24) is 5.32 Å². The van der Waals surface area contributed by atoms with E-state index >= 15 is 0 Å². The Bertz CT molecular complexity index is 663. The normalized spacial score (nSPS) is 22.7. The zero-order valence-corrected chi connectivity index (χ0v) is 13.0. The van der Waals surface area contributed by atoms with Crippen molar-refractivity contribution in [2.24, 2.45) is 4.99 Å². The molecule has 1 saturated carbocycles. The summed E-state index contributed by atoms with van der Waals surface area (Å²) in [5, 5.41) is 5.32. The number of carbonyl (C=O) groups is 2. The highest BCUT2D eigenvalue weighted by molar-refractivity contribution is 8.15. The van der Waals surface area contributed by atoms with Gasteiger partial charge in [0.1, 0.15) is 11.1 Å². The Morgan fingerprint density at radius 3 is 2.95 bits per heavy atom. The first kappa shape index (κ1) is 15.3. The van der Waals surface area contributed by atoms with Gasteiger partial charge in [-0.05, 0) is 31.0 Å². The van der Waals surface area contributed by atoms with E-state index in [0.29, 0.717) is 16.9 Å². The molecule has 22 heavy (non-hydrogen) atoms. The van der Waals surface area contributed by atoms with Crippen LogP contribution in [0.1, 0.15) is 19.3 Å². The molecule has 0 aromatic heterocycles. The van der Waals surface area contributed by atoms with E-state index in [2.05, 4.69) is 15.6 Å². The van der Waals surface area contributed by atoms with E-state index in [1.165, 1.54) is 30.0 Å². The van der Waals surface area contributed by atoms with Crippen molar-refractivity contribution in [3.8, 4) is 0 Å². The van der Waals surface area contributed by atoms with Gasteiger partial charge in [0.25, 0.3) is 0 Å². The van der Waals surface area contributed by atoms with Gasteiger partial charge in [0.15, 0.2) is 5.17 Å². The molecular weight excluding hydrogens is 329 g/mol. The Morgan fingerprint density at radius 1 is 1.50 bits per heavy atom. The van der Waals surface area contributed by atoms with Crippen LogP contribution >= 0.6 is 23.4 Å². The fourth-order valence-corrected chi connectivity index (χ4v) is 3.14. The van der Waals surface area contributed by atoms with Crippen molar-refractivity contribution in [3.05, 3.63) is 29.0 Å². The van der Waals surface area contributed by atoms with Crippen LogP contribution < -0.4 is 10.6 Å². The summed E-state index contributed by atoms with van der Waals surface area (Å²) in [6.45, 7) is 0. The molecule has 0 radical (unpaired) electrons. The standard InChI is InChI=1S/C14H13ClFN3O2S/c15-9-5-8(3-4-10(9)16)17-12(20)6-11-13(21)19-14(22-11)18-7-1-2-7/h3-5,7,11H,1-2,6H2,(H,17,20)(H,18,19,21)/t11-/m1/s1. The Hall–Kier alpha value is -1.60.